The van der Waals surface area contributed by atoms with Crippen LogP contribution in [0.15, 0.2) is 29.1 Å². The van der Waals surface area contributed by atoms with Crippen molar-refractivity contribution in [3.63, 3.8) is 0 Å². The summed E-state index contributed by atoms with van der Waals surface area (Å²) in [5.74, 6) is -2.11. The molecule has 1 aromatic carbocycles. The molecule has 1 unspecified atom stereocenters. The van der Waals surface area contributed by atoms with Crippen molar-refractivity contribution in [3.8, 4) is 6.07 Å². The molecular formula is C16H11N3O3S2. The van der Waals surface area contributed by atoms with Gasteiger partial charge in [-0.2, -0.15) is 5.26 Å². The van der Waals surface area contributed by atoms with E-state index >= 15 is 0 Å². The summed E-state index contributed by atoms with van der Waals surface area (Å²) >= 11 is 2.66. The molecule has 120 valence electrons. The first-order valence-electron chi connectivity index (χ1n) is 6.93. The van der Waals surface area contributed by atoms with Crippen LogP contribution in [0.5, 0.6) is 0 Å². The molecule has 0 aliphatic heterocycles. The molecule has 0 amide bonds. The molecule has 8 heteroatoms. The van der Waals surface area contributed by atoms with Gasteiger partial charge in [0.2, 0.25) is 0 Å². The highest BCUT2D eigenvalue weighted by atomic mass is 32.1. The van der Waals surface area contributed by atoms with Crippen LogP contribution in [-0.2, 0) is 9.53 Å². The third kappa shape index (κ3) is 3.32. The van der Waals surface area contributed by atoms with Crippen LogP contribution in [0.25, 0.3) is 10.2 Å². The smallest absolute Gasteiger partial charge is 0.338 e. The molecular weight excluding hydrogens is 346 g/mol. The van der Waals surface area contributed by atoms with Gasteiger partial charge in [0.05, 0.1) is 27.4 Å². The fraction of sp³-hybridized carbons (Fsp3) is 0.188. The van der Waals surface area contributed by atoms with Crippen LogP contribution >= 0.6 is 22.7 Å². The molecule has 6 nitrogen and oxygen atoms in total. The predicted molar refractivity (Wildman–Crippen MR) is 90.1 cm³/mol. The summed E-state index contributed by atoms with van der Waals surface area (Å²) in [6.07, 6.45) is 0. The first-order valence-corrected chi connectivity index (χ1v) is 8.69. The molecule has 0 spiro atoms. The van der Waals surface area contributed by atoms with Gasteiger partial charge in [-0.25, -0.2) is 14.8 Å². The number of benzene rings is 1. The zero-order valence-corrected chi connectivity index (χ0v) is 14.2. The number of hydrogen-bond acceptors (Lipinski definition) is 8. The van der Waals surface area contributed by atoms with Crippen molar-refractivity contribution >= 4 is 44.6 Å². The fourth-order valence-corrected chi connectivity index (χ4v) is 3.63. The zero-order chi connectivity index (χ0) is 17.1. The molecule has 0 radical (unpaired) electrons. The molecule has 0 aliphatic carbocycles. The first-order chi connectivity index (χ1) is 11.6. The highest BCUT2D eigenvalue weighted by Gasteiger charge is 2.24. The van der Waals surface area contributed by atoms with Gasteiger partial charge in [0.1, 0.15) is 5.01 Å². The minimum Gasteiger partial charge on any atom is -0.454 e. The van der Waals surface area contributed by atoms with Gasteiger partial charge in [-0.05, 0) is 25.1 Å². The number of nitrogens with zero attached hydrogens (tertiary/aromatic N) is 3. The van der Waals surface area contributed by atoms with Crippen molar-refractivity contribution in [3.05, 3.63) is 45.4 Å². The number of rotatable bonds is 5. The molecule has 0 bridgehead atoms. The SMILES string of the molecule is Cc1csc(C(C#N)C(=O)COC(=O)c2ccc3ncsc3c2)n1. The van der Waals surface area contributed by atoms with Gasteiger partial charge in [0, 0.05) is 11.1 Å². The maximum absolute atomic E-state index is 12.1. The van der Waals surface area contributed by atoms with E-state index in [-0.39, 0.29) is 0 Å². The van der Waals surface area contributed by atoms with Gasteiger partial charge in [0.25, 0.3) is 0 Å². The second kappa shape index (κ2) is 6.86. The largest absolute Gasteiger partial charge is 0.454 e. The van der Waals surface area contributed by atoms with Crippen LogP contribution in [0.3, 0.4) is 0 Å². The molecule has 0 N–H and O–H groups in total. The Labute approximate surface area is 145 Å². The number of hydrogen-bond donors (Lipinski definition) is 0. The van der Waals surface area contributed by atoms with Crippen molar-refractivity contribution in [1.82, 2.24) is 9.97 Å². The number of aromatic nitrogens is 2. The van der Waals surface area contributed by atoms with Gasteiger partial charge in [-0.1, -0.05) is 0 Å². The van der Waals surface area contributed by atoms with Crippen molar-refractivity contribution < 1.29 is 14.3 Å². The molecule has 2 heterocycles. The Balaban J connectivity index is 1.66. The maximum atomic E-state index is 12.1. The van der Waals surface area contributed by atoms with E-state index < -0.39 is 24.3 Å². The number of Topliss-reactive ketones (excluding diaryl/α,β-unsaturated/α-hetero) is 1. The lowest BCUT2D eigenvalue weighted by Crippen LogP contribution is -2.19. The van der Waals surface area contributed by atoms with Crippen molar-refractivity contribution in [1.29, 1.82) is 5.26 Å². The van der Waals surface area contributed by atoms with Crippen LogP contribution < -0.4 is 0 Å². The van der Waals surface area contributed by atoms with Crippen LogP contribution in [0.4, 0.5) is 0 Å². The number of esters is 1. The highest BCUT2D eigenvalue weighted by molar-refractivity contribution is 7.16. The minimum atomic E-state index is -1.01. The highest BCUT2D eigenvalue weighted by Crippen LogP contribution is 2.22. The summed E-state index contributed by atoms with van der Waals surface area (Å²) in [5, 5.41) is 11.4. The van der Waals surface area contributed by atoms with Crippen LogP contribution in [0.1, 0.15) is 27.0 Å². The van der Waals surface area contributed by atoms with E-state index in [4.69, 9.17) is 4.74 Å². The Kier molecular flexibility index (Phi) is 4.64. The van der Waals surface area contributed by atoms with Crippen molar-refractivity contribution in [2.75, 3.05) is 6.61 Å². The molecule has 3 aromatic rings. The quantitative estimate of drug-likeness (QED) is 0.652. The lowest BCUT2D eigenvalue weighted by Gasteiger charge is -2.07. The lowest BCUT2D eigenvalue weighted by molar-refractivity contribution is -0.122. The number of ether oxygens (including phenoxy) is 1. The van der Waals surface area contributed by atoms with Gasteiger partial charge < -0.3 is 4.74 Å². The monoisotopic (exact) mass is 357 g/mol. The van der Waals surface area contributed by atoms with Gasteiger partial charge in [-0.3, -0.25) is 4.79 Å². The molecule has 0 saturated heterocycles. The number of nitriles is 1. The Morgan fingerprint density at radius 1 is 1.38 bits per heavy atom. The predicted octanol–water partition coefficient (Wildman–Crippen LogP) is 3.09. The van der Waals surface area contributed by atoms with Crippen molar-refractivity contribution in [2.24, 2.45) is 0 Å². The third-order valence-corrected chi connectivity index (χ3v) is 5.07. The molecule has 0 fully saturated rings. The molecule has 24 heavy (non-hydrogen) atoms. The third-order valence-electron chi connectivity index (χ3n) is 3.25. The molecule has 0 saturated carbocycles. The first kappa shape index (κ1) is 16.2. The summed E-state index contributed by atoms with van der Waals surface area (Å²) in [6.45, 7) is 1.32. The Bertz CT molecular complexity index is 955. The molecule has 3 rings (SSSR count). The second-order valence-electron chi connectivity index (χ2n) is 4.97. The zero-order valence-electron chi connectivity index (χ0n) is 12.6. The van der Waals surface area contributed by atoms with Crippen LogP contribution in [0, 0.1) is 18.3 Å². The van der Waals surface area contributed by atoms with E-state index in [0.29, 0.717) is 10.6 Å². The maximum Gasteiger partial charge on any atom is 0.338 e. The Morgan fingerprint density at radius 2 is 2.21 bits per heavy atom. The molecule has 1 atom stereocenters. The Hall–Kier alpha value is -2.63. The Morgan fingerprint density at radius 3 is 2.92 bits per heavy atom. The van der Waals surface area contributed by atoms with E-state index in [9.17, 15) is 14.9 Å². The average molecular weight is 357 g/mol. The summed E-state index contributed by atoms with van der Waals surface area (Å²) in [5.41, 5.74) is 3.59. The number of aryl methyl sites for hydroxylation is 1. The summed E-state index contributed by atoms with van der Waals surface area (Å²) in [6, 6.07) is 6.91. The summed E-state index contributed by atoms with van der Waals surface area (Å²) in [4.78, 5) is 32.5. The normalized spacial score (nSPS) is 11.8. The minimum absolute atomic E-state index is 0.346. The average Bonchev–Trinajstić information content (AvgIpc) is 3.21. The number of fused-ring (bicyclic) bond motifs is 1. The van der Waals surface area contributed by atoms with E-state index in [2.05, 4.69) is 9.97 Å². The number of carbonyl (C=O) groups excluding carboxylic acids is 2. The van der Waals surface area contributed by atoms with Gasteiger partial charge in [0.15, 0.2) is 18.3 Å². The number of thiazole rings is 2. The summed E-state index contributed by atoms with van der Waals surface area (Å²) < 4.78 is 5.91. The standard InChI is InChI=1S/C16H11N3O3S2/c1-9-7-23-15(19-9)11(5-17)13(20)6-22-16(21)10-2-3-12-14(4-10)24-8-18-12/h2-4,7-8,11H,6H2,1H3. The summed E-state index contributed by atoms with van der Waals surface area (Å²) in [7, 11) is 0. The van der Waals surface area contributed by atoms with E-state index in [0.717, 1.165) is 15.9 Å². The lowest BCUT2D eigenvalue weighted by atomic mass is 10.1. The van der Waals surface area contributed by atoms with E-state index in [1.165, 1.54) is 22.7 Å². The van der Waals surface area contributed by atoms with Gasteiger partial charge >= 0.3 is 5.97 Å². The van der Waals surface area contributed by atoms with Crippen LogP contribution in [0.2, 0.25) is 0 Å². The van der Waals surface area contributed by atoms with Gasteiger partial charge in [-0.15, -0.1) is 22.7 Å². The number of carbonyl (C=O) groups is 2. The van der Waals surface area contributed by atoms with E-state index in [1.54, 1.807) is 36.0 Å². The van der Waals surface area contributed by atoms with Crippen LogP contribution in [-0.4, -0.2) is 28.3 Å². The van der Waals surface area contributed by atoms with E-state index in [1.807, 2.05) is 6.07 Å². The molecule has 2 aromatic heterocycles. The second-order valence-corrected chi connectivity index (χ2v) is 6.74. The fourth-order valence-electron chi connectivity index (χ4n) is 2.06. The number of ketones is 1. The van der Waals surface area contributed by atoms with Crippen molar-refractivity contribution in [2.45, 2.75) is 12.8 Å². The molecule has 0 aliphatic rings. The topological polar surface area (TPSA) is 92.9 Å².